The minimum Gasteiger partial charge on any atom is -0.354 e. The Morgan fingerprint density at radius 2 is 1.60 bits per heavy atom. The zero-order valence-electron chi connectivity index (χ0n) is 21.1. The van der Waals surface area contributed by atoms with Crippen LogP contribution in [0.15, 0.2) is 48.5 Å². The fourth-order valence-corrected chi connectivity index (χ4v) is 4.63. The molecule has 0 aliphatic rings. The number of anilines is 1. The van der Waals surface area contributed by atoms with Gasteiger partial charge in [-0.25, -0.2) is 8.42 Å². The van der Waals surface area contributed by atoms with Crippen molar-refractivity contribution in [3.8, 4) is 0 Å². The van der Waals surface area contributed by atoms with Crippen LogP contribution in [0.3, 0.4) is 0 Å². The van der Waals surface area contributed by atoms with E-state index in [-0.39, 0.29) is 37.2 Å². The predicted octanol–water partition coefficient (Wildman–Crippen LogP) is 4.38. The van der Waals surface area contributed by atoms with Crippen LogP contribution in [0, 0.1) is 12.8 Å². The average Bonchev–Trinajstić information content (AvgIpc) is 2.79. The Balaban J connectivity index is 2.14. The second kappa shape index (κ2) is 12.9. The van der Waals surface area contributed by atoms with Gasteiger partial charge in [-0.15, -0.1) is 0 Å². The molecule has 0 bridgehead atoms. The summed E-state index contributed by atoms with van der Waals surface area (Å²) < 4.78 is 26.1. The Kier molecular flexibility index (Phi) is 10.6. The van der Waals surface area contributed by atoms with Crippen LogP contribution in [-0.2, 0) is 26.2 Å². The molecule has 0 aliphatic heterocycles. The van der Waals surface area contributed by atoms with E-state index in [9.17, 15) is 18.0 Å². The minimum absolute atomic E-state index is 0.104. The number of halogens is 1. The van der Waals surface area contributed by atoms with Crippen LogP contribution >= 0.6 is 11.6 Å². The number of rotatable bonds is 12. The third-order valence-electron chi connectivity index (χ3n) is 5.59. The molecule has 1 atom stereocenters. The smallest absolute Gasteiger partial charge is 0.242 e. The molecule has 2 aromatic rings. The Morgan fingerprint density at radius 1 is 1.00 bits per heavy atom. The summed E-state index contributed by atoms with van der Waals surface area (Å²) in [4.78, 5) is 27.6. The molecule has 1 N–H and O–H groups in total. The molecular weight excluding hydrogens is 486 g/mol. The third kappa shape index (κ3) is 9.18. The predicted molar refractivity (Wildman–Crippen MR) is 142 cm³/mol. The van der Waals surface area contributed by atoms with Crippen LogP contribution < -0.4 is 9.62 Å². The molecule has 0 aromatic heterocycles. The van der Waals surface area contributed by atoms with Gasteiger partial charge in [0, 0.05) is 31.1 Å². The number of benzene rings is 2. The van der Waals surface area contributed by atoms with Gasteiger partial charge < -0.3 is 10.2 Å². The highest BCUT2D eigenvalue weighted by Gasteiger charge is 2.26. The number of carbonyl (C=O) groups excluding carboxylic acids is 2. The maximum Gasteiger partial charge on any atom is 0.242 e. The highest BCUT2D eigenvalue weighted by molar-refractivity contribution is 7.92. The first-order valence-electron chi connectivity index (χ1n) is 11.7. The normalized spacial score (nSPS) is 12.3. The summed E-state index contributed by atoms with van der Waals surface area (Å²) in [6, 6.07) is 13.7. The Morgan fingerprint density at radius 3 is 2.14 bits per heavy atom. The van der Waals surface area contributed by atoms with E-state index in [0.29, 0.717) is 23.7 Å². The average molecular weight is 522 g/mol. The molecule has 35 heavy (non-hydrogen) atoms. The molecule has 2 aromatic carbocycles. The van der Waals surface area contributed by atoms with Crippen molar-refractivity contribution in [3.63, 3.8) is 0 Å². The molecule has 0 fully saturated rings. The molecule has 0 spiro atoms. The van der Waals surface area contributed by atoms with Gasteiger partial charge in [-0.1, -0.05) is 55.3 Å². The van der Waals surface area contributed by atoms with Crippen LogP contribution in [0.5, 0.6) is 0 Å². The number of nitrogens with zero attached hydrogens (tertiary/aromatic N) is 2. The van der Waals surface area contributed by atoms with Crippen molar-refractivity contribution < 1.29 is 18.0 Å². The summed E-state index contributed by atoms with van der Waals surface area (Å²) in [7, 11) is -3.52. The lowest BCUT2D eigenvalue weighted by Crippen LogP contribution is -2.48. The van der Waals surface area contributed by atoms with Crippen molar-refractivity contribution in [3.05, 3.63) is 64.7 Å². The molecule has 7 nitrogen and oxygen atoms in total. The summed E-state index contributed by atoms with van der Waals surface area (Å²) >= 11 is 5.99. The van der Waals surface area contributed by atoms with Gasteiger partial charge >= 0.3 is 0 Å². The molecular formula is C26H36ClN3O4S. The van der Waals surface area contributed by atoms with Gasteiger partial charge in [0.25, 0.3) is 0 Å². The number of aryl methyl sites for hydroxylation is 1. The van der Waals surface area contributed by atoms with Crippen molar-refractivity contribution >= 4 is 39.1 Å². The van der Waals surface area contributed by atoms with Crippen LogP contribution in [0.25, 0.3) is 0 Å². The van der Waals surface area contributed by atoms with E-state index in [0.717, 1.165) is 17.4 Å². The van der Waals surface area contributed by atoms with Crippen molar-refractivity contribution in [1.29, 1.82) is 0 Å². The number of nitrogens with one attached hydrogen (secondary N) is 1. The highest BCUT2D eigenvalue weighted by atomic mass is 35.5. The third-order valence-corrected chi connectivity index (χ3v) is 7.04. The highest BCUT2D eigenvalue weighted by Crippen LogP contribution is 2.20. The van der Waals surface area contributed by atoms with Crippen molar-refractivity contribution in [2.75, 3.05) is 23.7 Å². The van der Waals surface area contributed by atoms with Gasteiger partial charge in [0.1, 0.15) is 6.04 Å². The van der Waals surface area contributed by atoms with Gasteiger partial charge in [0.15, 0.2) is 0 Å². The second-order valence-electron chi connectivity index (χ2n) is 9.24. The number of hydrogen-bond acceptors (Lipinski definition) is 4. The van der Waals surface area contributed by atoms with Crippen LogP contribution in [-0.4, -0.2) is 50.5 Å². The van der Waals surface area contributed by atoms with Gasteiger partial charge in [0.2, 0.25) is 21.8 Å². The zero-order chi connectivity index (χ0) is 26.2. The molecule has 0 saturated carbocycles. The summed E-state index contributed by atoms with van der Waals surface area (Å²) in [5.74, 6) is -0.154. The molecule has 0 aliphatic carbocycles. The molecule has 0 unspecified atom stereocenters. The lowest BCUT2D eigenvalue weighted by molar-refractivity contribution is -0.140. The maximum absolute atomic E-state index is 13.3. The first kappa shape index (κ1) is 28.7. The molecule has 2 amide bonds. The molecule has 0 saturated heterocycles. The van der Waals surface area contributed by atoms with Crippen LogP contribution in [0.2, 0.25) is 5.02 Å². The SMILES string of the molecule is Cc1ccc(N(CCCC(=O)N(Cc2ccc(Cl)cc2)[C@@H](C)C(=O)NCC(C)C)S(C)(=O)=O)cc1. The zero-order valence-corrected chi connectivity index (χ0v) is 22.7. The minimum atomic E-state index is -3.52. The second-order valence-corrected chi connectivity index (χ2v) is 11.6. The van der Waals surface area contributed by atoms with Crippen LogP contribution in [0.4, 0.5) is 5.69 Å². The van der Waals surface area contributed by atoms with Gasteiger partial charge in [0.05, 0.1) is 11.9 Å². The van der Waals surface area contributed by atoms with E-state index in [1.807, 2.05) is 45.0 Å². The lowest BCUT2D eigenvalue weighted by Gasteiger charge is -2.29. The van der Waals surface area contributed by atoms with Gasteiger partial charge in [-0.3, -0.25) is 13.9 Å². The van der Waals surface area contributed by atoms with Crippen LogP contribution in [0.1, 0.15) is 44.7 Å². The molecule has 0 radical (unpaired) electrons. The van der Waals surface area contributed by atoms with Crippen molar-refractivity contribution in [1.82, 2.24) is 10.2 Å². The topological polar surface area (TPSA) is 86.8 Å². The molecule has 2 rings (SSSR count). The number of sulfonamides is 1. The van der Waals surface area contributed by atoms with E-state index in [4.69, 9.17) is 11.6 Å². The largest absolute Gasteiger partial charge is 0.354 e. The Labute approximate surface area is 214 Å². The fourth-order valence-electron chi connectivity index (χ4n) is 3.54. The van der Waals surface area contributed by atoms with E-state index >= 15 is 0 Å². The first-order valence-corrected chi connectivity index (χ1v) is 14.0. The monoisotopic (exact) mass is 521 g/mol. The standard InChI is InChI=1S/C26H36ClN3O4S/c1-19(2)17-28-26(32)21(4)29(18-22-10-12-23(27)13-11-22)25(31)7-6-16-30(35(5,33)34)24-14-8-20(3)9-15-24/h8-15,19,21H,6-7,16-18H2,1-5H3,(H,28,32)/t21-/m0/s1. The maximum atomic E-state index is 13.3. The summed E-state index contributed by atoms with van der Waals surface area (Å²) in [5.41, 5.74) is 2.44. The van der Waals surface area contributed by atoms with Crippen molar-refractivity contribution in [2.24, 2.45) is 5.92 Å². The quantitative estimate of drug-likeness (QED) is 0.449. The van der Waals surface area contributed by atoms with E-state index in [1.54, 1.807) is 31.2 Å². The summed E-state index contributed by atoms with van der Waals surface area (Å²) in [5, 5.41) is 3.48. The van der Waals surface area contributed by atoms with Gasteiger partial charge in [-0.05, 0) is 56.0 Å². The summed E-state index contributed by atoms with van der Waals surface area (Å²) in [6.07, 6.45) is 1.58. The lowest BCUT2D eigenvalue weighted by atomic mass is 10.1. The van der Waals surface area contributed by atoms with E-state index in [1.165, 1.54) is 9.21 Å². The van der Waals surface area contributed by atoms with E-state index < -0.39 is 16.1 Å². The Hall–Kier alpha value is -2.58. The van der Waals surface area contributed by atoms with E-state index in [2.05, 4.69) is 5.32 Å². The summed E-state index contributed by atoms with van der Waals surface area (Å²) in [6.45, 7) is 8.58. The Bertz CT molecular complexity index is 1090. The molecule has 0 heterocycles. The first-order chi connectivity index (χ1) is 16.4. The number of carbonyl (C=O) groups is 2. The fraction of sp³-hybridized carbons (Fsp3) is 0.462. The molecule has 9 heteroatoms. The number of hydrogen-bond donors (Lipinski definition) is 1. The number of amides is 2. The molecule has 192 valence electrons. The van der Waals surface area contributed by atoms with Crippen molar-refractivity contribution in [2.45, 2.75) is 53.1 Å². The van der Waals surface area contributed by atoms with Gasteiger partial charge in [-0.2, -0.15) is 0 Å².